The number of benzene rings is 1. The molecular formula is C14H23NS. The van der Waals surface area contributed by atoms with Crippen LogP contribution < -0.4 is 5.32 Å². The Morgan fingerprint density at radius 3 is 2.69 bits per heavy atom. The fourth-order valence-corrected chi connectivity index (χ4v) is 2.61. The molecule has 0 aromatic heterocycles. The molecule has 2 heteroatoms. The van der Waals surface area contributed by atoms with Crippen molar-refractivity contribution in [3.05, 3.63) is 35.9 Å². The summed E-state index contributed by atoms with van der Waals surface area (Å²) in [6.45, 7) is 5.63. The molecule has 1 N–H and O–H groups in total. The third kappa shape index (κ3) is 6.19. The molecule has 0 spiro atoms. The van der Waals surface area contributed by atoms with Gasteiger partial charge in [0, 0.05) is 11.8 Å². The van der Waals surface area contributed by atoms with E-state index in [-0.39, 0.29) is 0 Å². The molecule has 0 aliphatic carbocycles. The summed E-state index contributed by atoms with van der Waals surface area (Å²) >= 11 is 2.03. The van der Waals surface area contributed by atoms with Crippen LogP contribution in [0.15, 0.2) is 30.3 Å². The fourth-order valence-electron chi connectivity index (χ4n) is 1.52. The molecule has 1 rings (SSSR count). The molecule has 1 unspecified atom stereocenters. The molecule has 0 heterocycles. The first-order valence-corrected chi connectivity index (χ1v) is 7.33. The molecule has 0 bridgehead atoms. The minimum atomic E-state index is 0.656. The summed E-state index contributed by atoms with van der Waals surface area (Å²) in [7, 11) is 0. The van der Waals surface area contributed by atoms with Crippen LogP contribution in [0.5, 0.6) is 0 Å². The molecule has 1 aromatic rings. The lowest BCUT2D eigenvalue weighted by molar-refractivity contribution is 0.536. The van der Waals surface area contributed by atoms with Crippen LogP contribution in [-0.4, -0.2) is 18.3 Å². The van der Waals surface area contributed by atoms with E-state index in [9.17, 15) is 0 Å². The molecular weight excluding hydrogens is 214 g/mol. The van der Waals surface area contributed by atoms with Crippen LogP contribution in [0.2, 0.25) is 0 Å². The lowest BCUT2D eigenvalue weighted by Gasteiger charge is -2.12. The van der Waals surface area contributed by atoms with Crippen molar-refractivity contribution >= 4 is 11.8 Å². The van der Waals surface area contributed by atoms with E-state index in [2.05, 4.69) is 49.5 Å². The van der Waals surface area contributed by atoms with Crippen LogP contribution in [0.4, 0.5) is 0 Å². The van der Waals surface area contributed by atoms with Gasteiger partial charge in [0.25, 0.3) is 0 Å². The summed E-state index contributed by atoms with van der Waals surface area (Å²) in [5.41, 5.74) is 1.43. The predicted molar refractivity (Wildman–Crippen MR) is 75.0 cm³/mol. The Labute approximate surface area is 104 Å². The van der Waals surface area contributed by atoms with Gasteiger partial charge < -0.3 is 5.32 Å². The van der Waals surface area contributed by atoms with Gasteiger partial charge in [0.2, 0.25) is 0 Å². The first kappa shape index (κ1) is 13.6. The van der Waals surface area contributed by atoms with Gasteiger partial charge in [-0.25, -0.2) is 0 Å². The maximum absolute atomic E-state index is 3.52. The molecule has 90 valence electrons. The Balaban J connectivity index is 2.03. The average Bonchev–Trinajstić information content (AvgIpc) is 2.33. The number of thioether (sulfide) groups is 1. The molecule has 0 saturated heterocycles. The second-order valence-corrected chi connectivity index (χ2v) is 5.29. The van der Waals surface area contributed by atoms with Crippen LogP contribution in [0.1, 0.15) is 32.3 Å². The van der Waals surface area contributed by atoms with Crippen molar-refractivity contribution in [2.45, 2.75) is 38.5 Å². The van der Waals surface area contributed by atoms with E-state index < -0.39 is 0 Å². The Kier molecular flexibility index (Phi) is 7.35. The third-order valence-corrected chi connectivity index (χ3v) is 3.61. The number of nitrogens with one attached hydrogen (secondary N) is 1. The minimum Gasteiger partial charge on any atom is -0.314 e. The SMILES string of the molecule is CCCNC(C)CCSCc1ccccc1. The molecule has 16 heavy (non-hydrogen) atoms. The number of hydrogen-bond donors (Lipinski definition) is 1. The molecule has 0 aliphatic rings. The Bertz CT molecular complexity index is 261. The number of hydrogen-bond acceptors (Lipinski definition) is 2. The molecule has 0 saturated carbocycles. The van der Waals surface area contributed by atoms with Crippen molar-refractivity contribution in [1.29, 1.82) is 0 Å². The standard InChI is InChI=1S/C14H23NS/c1-3-10-15-13(2)9-11-16-12-14-7-5-4-6-8-14/h4-8,13,15H,3,9-12H2,1-2H3. The Hall–Kier alpha value is -0.470. The second kappa shape index (κ2) is 8.66. The van der Waals surface area contributed by atoms with Gasteiger partial charge in [-0.3, -0.25) is 0 Å². The van der Waals surface area contributed by atoms with E-state index >= 15 is 0 Å². The molecule has 1 nitrogen and oxygen atoms in total. The highest BCUT2D eigenvalue weighted by atomic mass is 32.2. The first-order chi connectivity index (χ1) is 7.83. The summed E-state index contributed by atoms with van der Waals surface area (Å²) in [5, 5.41) is 3.52. The smallest absolute Gasteiger partial charge is 0.0184 e. The summed E-state index contributed by atoms with van der Waals surface area (Å²) in [4.78, 5) is 0. The first-order valence-electron chi connectivity index (χ1n) is 6.18. The van der Waals surface area contributed by atoms with Gasteiger partial charge in [0.15, 0.2) is 0 Å². The van der Waals surface area contributed by atoms with E-state index in [0.29, 0.717) is 6.04 Å². The zero-order valence-corrected chi connectivity index (χ0v) is 11.2. The van der Waals surface area contributed by atoms with Crippen LogP contribution in [0.3, 0.4) is 0 Å². The summed E-state index contributed by atoms with van der Waals surface area (Å²) in [6, 6.07) is 11.4. The summed E-state index contributed by atoms with van der Waals surface area (Å²) < 4.78 is 0. The zero-order valence-electron chi connectivity index (χ0n) is 10.4. The Morgan fingerprint density at radius 2 is 2.00 bits per heavy atom. The van der Waals surface area contributed by atoms with E-state index in [1.54, 1.807) is 0 Å². The number of rotatable bonds is 8. The summed E-state index contributed by atoms with van der Waals surface area (Å²) in [5.74, 6) is 2.38. The molecule has 0 fully saturated rings. The van der Waals surface area contributed by atoms with Crippen molar-refractivity contribution < 1.29 is 0 Å². The average molecular weight is 237 g/mol. The van der Waals surface area contributed by atoms with Gasteiger partial charge in [0.1, 0.15) is 0 Å². The normalized spacial score (nSPS) is 12.6. The predicted octanol–water partition coefficient (Wildman–Crippen LogP) is 3.70. The highest BCUT2D eigenvalue weighted by Gasteiger charge is 2.00. The van der Waals surface area contributed by atoms with Crippen molar-refractivity contribution in [1.82, 2.24) is 5.32 Å². The minimum absolute atomic E-state index is 0.656. The maximum atomic E-state index is 3.52. The molecule has 0 radical (unpaired) electrons. The molecule has 0 aliphatic heterocycles. The molecule has 0 amide bonds. The van der Waals surface area contributed by atoms with Gasteiger partial charge in [-0.05, 0) is 37.6 Å². The van der Waals surface area contributed by atoms with Crippen molar-refractivity contribution in [2.24, 2.45) is 0 Å². The largest absolute Gasteiger partial charge is 0.314 e. The highest BCUT2D eigenvalue weighted by Crippen LogP contribution is 2.13. The van der Waals surface area contributed by atoms with Gasteiger partial charge >= 0.3 is 0 Å². The van der Waals surface area contributed by atoms with Crippen LogP contribution in [-0.2, 0) is 5.75 Å². The van der Waals surface area contributed by atoms with Crippen LogP contribution in [0.25, 0.3) is 0 Å². The van der Waals surface area contributed by atoms with E-state index in [4.69, 9.17) is 0 Å². The third-order valence-electron chi connectivity index (χ3n) is 2.55. The second-order valence-electron chi connectivity index (χ2n) is 4.18. The van der Waals surface area contributed by atoms with Crippen LogP contribution in [0, 0.1) is 0 Å². The van der Waals surface area contributed by atoms with Gasteiger partial charge in [-0.1, -0.05) is 37.3 Å². The van der Waals surface area contributed by atoms with Crippen molar-refractivity contribution in [3.63, 3.8) is 0 Å². The van der Waals surface area contributed by atoms with E-state index in [1.807, 2.05) is 11.8 Å². The molecule has 1 atom stereocenters. The van der Waals surface area contributed by atoms with Crippen molar-refractivity contribution in [2.75, 3.05) is 12.3 Å². The fraction of sp³-hybridized carbons (Fsp3) is 0.571. The van der Waals surface area contributed by atoms with Crippen LogP contribution >= 0.6 is 11.8 Å². The highest BCUT2D eigenvalue weighted by molar-refractivity contribution is 7.98. The van der Waals surface area contributed by atoms with Gasteiger partial charge in [0.05, 0.1) is 0 Å². The summed E-state index contributed by atoms with van der Waals surface area (Å²) in [6.07, 6.45) is 2.49. The van der Waals surface area contributed by atoms with E-state index in [1.165, 1.54) is 24.2 Å². The van der Waals surface area contributed by atoms with Gasteiger partial charge in [-0.2, -0.15) is 11.8 Å². The lowest BCUT2D eigenvalue weighted by atomic mass is 10.2. The topological polar surface area (TPSA) is 12.0 Å². The van der Waals surface area contributed by atoms with Gasteiger partial charge in [-0.15, -0.1) is 0 Å². The molecule has 1 aromatic carbocycles. The Morgan fingerprint density at radius 1 is 1.25 bits per heavy atom. The zero-order chi connectivity index (χ0) is 11.6. The van der Waals surface area contributed by atoms with Crippen molar-refractivity contribution in [3.8, 4) is 0 Å². The maximum Gasteiger partial charge on any atom is 0.0184 e. The quantitative estimate of drug-likeness (QED) is 0.692. The lowest BCUT2D eigenvalue weighted by Crippen LogP contribution is -2.27. The monoisotopic (exact) mass is 237 g/mol. The van der Waals surface area contributed by atoms with E-state index in [0.717, 1.165) is 12.3 Å².